The Hall–Kier alpha value is -3.02. The number of nitrogens with zero attached hydrogens (tertiary/aromatic N) is 5. The Morgan fingerprint density at radius 2 is 1.86 bits per heavy atom. The van der Waals surface area contributed by atoms with Crippen LogP contribution in [-0.2, 0) is 0 Å². The number of pyridine rings is 2. The molecule has 0 amide bonds. The number of aromatic amines is 1. The number of hydrogen-bond donors (Lipinski definition) is 1. The molecule has 1 saturated heterocycles. The minimum atomic E-state index is 0.616. The lowest BCUT2D eigenvalue weighted by Gasteiger charge is -2.29. The summed E-state index contributed by atoms with van der Waals surface area (Å²) >= 11 is 0. The van der Waals surface area contributed by atoms with Crippen molar-refractivity contribution in [2.24, 2.45) is 11.8 Å². The number of piperidine rings is 1. The fourth-order valence-electron chi connectivity index (χ4n) is 7.32. The highest BCUT2D eigenvalue weighted by Gasteiger charge is 2.41. The number of aromatic nitrogens is 5. The molecule has 35 heavy (non-hydrogen) atoms. The number of fused-ring (bicyclic) bond motifs is 4. The van der Waals surface area contributed by atoms with E-state index < -0.39 is 0 Å². The third-order valence-electron chi connectivity index (χ3n) is 9.22. The lowest BCUT2D eigenvalue weighted by atomic mass is 9.86. The number of H-pyrrole nitrogens is 1. The van der Waals surface area contributed by atoms with Gasteiger partial charge in [0, 0.05) is 53.4 Å². The maximum Gasteiger partial charge on any atom is 0.163 e. The van der Waals surface area contributed by atoms with E-state index in [4.69, 9.17) is 15.0 Å². The van der Waals surface area contributed by atoms with Crippen molar-refractivity contribution in [3.05, 3.63) is 42.0 Å². The number of hydrogen-bond acceptors (Lipinski definition) is 5. The molecule has 4 aromatic rings. The maximum atomic E-state index is 5.31. The molecule has 0 radical (unpaired) electrons. The Morgan fingerprint density at radius 3 is 2.66 bits per heavy atom. The van der Waals surface area contributed by atoms with Gasteiger partial charge in [-0.3, -0.25) is 4.98 Å². The summed E-state index contributed by atoms with van der Waals surface area (Å²) in [7, 11) is 0. The Balaban J connectivity index is 1.29. The monoisotopic (exact) mass is 464 g/mol. The molecule has 4 fully saturated rings. The van der Waals surface area contributed by atoms with E-state index in [-0.39, 0.29) is 0 Å². The molecule has 6 nitrogen and oxygen atoms in total. The van der Waals surface area contributed by atoms with Crippen LogP contribution >= 0.6 is 0 Å². The van der Waals surface area contributed by atoms with Crippen molar-refractivity contribution in [1.82, 2.24) is 24.9 Å². The van der Waals surface area contributed by atoms with Crippen LogP contribution in [0.2, 0.25) is 0 Å². The predicted octanol–water partition coefficient (Wildman–Crippen LogP) is 6.34. The first-order chi connectivity index (χ1) is 17.3. The standard InChI is InChI=1S/C29H32N6/c1-2-10-35(11-3-1)29-26-23(18-6-7-18)15-30-16-25(26)33-28(34-29)20-8-9-31-27-22(20)14-24(32-27)21-13-17-4-5-19(21)12-17/h8-9,14-19,21H,1-7,10-13H2,(H,31,32)/t17-,19+,21?/m0/s1. The van der Waals surface area contributed by atoms with E-state index in [1.165, 1.54) is 74.4 Å². The van der Waals surface area contributed by atoms with Gasteiger partial charge in [0.25, 0.3) is 0 Å². The average Bonchev–Trinajstić information content (AvgIpc) is 3.31. The molecule has 0 aromatic carbocycles. The van der Waals surface area contributed by atoms with Crippen LogP contribution in [0.4, 0.5) is 5.82 Å². The molecule has 1 unspecified atom stereocenters. The lowest BCUT2D eigenvalue weighted by Crippen LogP contribution is -2.30. The number of anilines is 1. The fraction of sp³-hybridized carbons (Fsp3) is 0.517. The van der Waals surface area contributed by atoms with Gasteiger partial charge in [0.1, 0.15) is 11.5 Å². The van der Waals surface area contributed by atoms with Crippen molar-refractivity contribution in [1.29, 1.82) is 0 Å². The van der Waals surface area contributed by atoms with Crippen LogP contribution in [0.5, 0.6) is 0 Å². The van der Waals surface area contributed by atoms with Crippen molar-refractivity contribution < 1.29 is 0 Å². The van der Waals surface area contributed by atoms with E-state index in [0.717, 1.165) is 58.7 Å². The zero-order valence-electron chi connectivity index (χ0n) is 20.2. The zero-order valence-corrected chi connectivity index (χ0v) is 20.2. The van der Waals surface area contributed by atoms with Gasteiger partial charge < -0.3 is 9.88 Å². The molecule has 1 aliphatic heterocycles. The normalized spacial score (nSPS) is 26.3. The van der Waals surface area contributed by atoms with Crippen molar-refractivity contribution >= 4 is 27.8 Å². The second kappa shape index (κ2) is 7.74. The molecule has 4 aromatic heterocycles. The summed E-state index contributed by atoms with van der Waals surface area (Å²) in [6, 6.07) is 4.45. The van der Waals surface area contributed by atoms with Crippen molar-refractivity contribution in [2.75, 3.05) is 18.0 Å². The molecule has 3 atom stereocenters. The fourth-order valence-corrected chi connectivity index (χ4v) is 7.32. The third-order valence-corrected chi connectivity index (χ3v) is 9.22. The summed E-state index contributed by atoms with van der Waals surface area (Å²) in [4.78, 5) is 25.9. The minimum Gasteiger partial charge on any atom is -0.356 e. The molecule has 3 saturated carbocycles. The number of rotatable bonds is 4. The summed E-state index contributed by atoms with van der Waals surface area (Å²) < 4.78 is 0. The van der Waals surface area contributed by atoms with Gasteiger partial charge in [-0.2, -0.15) is 0 Å². The van der Waals surface area contributed by atoms with Gasteiger partial charge in [-0.15, -0.1) is 0 Å². The van der Waals surface area contributed by atoms with Crippen molar-refractivity contribution in [3.63, 3.8) is 0 Å². The largest absolute Gasteiger partial charge is 0.356 e. The minimum absolute atomic E-state index is 0.616. The van der Waals surface area contributed by atoms with E-state index in [9.17, 15) is 0 Å². The van der Waals surface area contributed by atoms with Crippen LogP contribution in [0, 0.1) is 11.8 Å². The van der Waals surface area contributed by atoms with Crippen LogP contribution in [0.1, 0.15) is 80.9 Å². The zero-order chi connectivity index (χ0) is 22.9. The summed E-state index contributed by atoms with van der Waals surface area (Å²) in [5.74, 6) is 4.95. The summed E-state index contributed by atoms with van der Waals surface area (Å²) in [5.41, 5.74) is 5.73. The molecule has 5 heterocycles. The molecule has 3 aliphatic carbocycles. The quantitative estimate of drug-likeness (QED) is 0.382. The SMILES string of the molecule is c1cc(-c2nc(N3CCCCC3)c3c(C4CC4)cncc3n2)c2cc(C3C[C@H]4CC[C@@H]3C4)[nH]c2n1. The number of nitrogens with one attached hydrogen (secondary N) is 1. The van der Waals surface area contributed by atoms with Gasteiger partial charge in [0.2, 0.25) is 0 Å². The van der Waals surface area contributed by atoms with E-state index in [1.807, 2.05) is 12.4 Å². The molecular formula is C29H32N6. The van der Waals surface area contributed by atoms with Gasteiger partial charge in [0.05, 0.1) is 11.7 Å². The van der Waals surface area contributed by atoms with Gasteiger partial charge >= 0.3 is 0 Å². The topological polar surface area (TPSA) is 70.6 Å². The van der Waals surface area contributed by atoms with Gasteiger partial charge in [0.15, 0.2) is 5.82 Å². The van der Waals surface area contributed by atoms with Gasteiger partial charge in [-0.05, 0) is 86.8 Å². The van der Waals surface area contributed by atoms with Crippen molar-refractivity contribution in [3.8, 4) is 11.4 Å². The molecule has 4 aliphatic rings. The smallest absolute Gasteiger partial charge is 0.163 e. The van der Waals surface area contributed by atoms with Crippen LogP contribution in [-0.4, -0.2) is 38.0 Å². The van der Waals surface area contributed by atoms with E-state index in [1.54, 1.807) is 0 Å². The van der Waals surface area contributed by atoms with E-state index in [0.29, 0.717) is 11.8 Å². The Kier molecular flexibility index (Phi) is 4.47. The van der Waals surface area contributed by atoms with E-state index >= 15 is 0 Å². The summed E-state index contributed by atoms with van der Waals surface area (Å²) in [6.07, 6.45) is 17.7. The Bertz CT molecular complexity index is 1430. The second-order valence-corrected chi connectivity index (χ2v) is 11.4. The average molecular weight is 465 g/mol. The Morgan fingerprint density at radius 1 is 0.943 bits per heavy atom. The highest BCUT2D eigenvalue weighted by atomic mass is 15.2. The Labute approximate surface area is 205 Å². The molecule has 6 heteroatoms. The third kappa shape index (κ3) is 3.29. The first-order valence-corrected chi connectivity index (χ1v) is 13.7. The molecule has 1 N–H and O–H groups in total. The van der Waals surface area contributed by atoms with Crippen LogP contribution < -0.4 is 4.90 Å². The summed E-state index contributed by atoms with van der Waals surface area (Å²) in [5, 5.41) is 2.38. The first-order valence-electron chi connectivity index (χ1n) is 13.7. The molecular weight excluding hydrogens is 432 g/mol. The van der Waals surface area contributed by atoms with Gasteiger partial charge in [-0.25, -0.2) is 15.0 Å². The second-order valence-electron chi connectivity index (χ2n) is 11.4. The highest BCUT2D eigenvalue weighted by molar-refractivity contribution is 5.97. The highest BCUT2D eigenvalue weighted by Crippen LogP contribution is 2.53. The maximum absolute atomic E-state index is 5.31. The summed E-state index contributed by atoms with van der Waals surface area (Å²) in [6.45, 7) is 2.14. The molecule has 0 spiro atoms. The van der Waals surface area contributed by atoms with Gasteiger partial charge in [-0.1, -0.05) is 6.42 Å². The predicted molar refractivity (Wildman–Crippen MR) is 139 cm³/mol. The molecule has 8 rings (SSSR count). The lowest BCUT2D eigenvalue weighted by molar-refractivity contribution is 0.414. The molecule has 2 bridgehead atoms. The van der Waals surface area contributed by atoms with Crippen LogP contribution in [0.25, 0.3) is 33.3 Å². The van der Waals surface area contributed by atoms with Crippen LogP contribution in [0.15, 0.2) is 30.7 Å². The van der Waals surface area contributed by atoms with E-state index in [2.05, 4.69) is 33.2 Å². The first kappa shape index (κ1) is 20.2. The molecule has 178 valence electrons. The van der Waals surface area contributed by atoms with Crippen LogP contribution in [0.3, 0.4) is 0 Å². The van der Waals surface area contributed by atoms with Crippen molar-refractivity contribution in [2.45, 2.75) is 69.6 Å².